The second-order valence-corrected chi connectivity index (χ2v) is 7.53. The number of phenolic OH excluding ortho intramolecular Hbond substituents is 1. The molecule has 0 bridgehead atoms. The van der Waals surface area contributed by atoms with E-state index in [0.717, 1.165) is 11.1 Å². The third-order valence-electron chi connectivity index (χ3n) is 5.46. The van der Waals surface area contributed by atoms with Crippen LogP contribution < -0.4 is 24.7 Å². The maximum atomic E-state index is 12.5. The SMILES string of the molecule is COc1ccc(/C=C\c2cc(OC)c(OC)c(OC)c2)c(C/C=C\C(=O)c2ccccc2N)c1O. The third-order valence-corrected chi connectivity index (χ3v) is 5.46. The van der Waals surface area contributed by atoms with E-state index in [0.29, 0.717) is 46.2 Å². The van der Waals surface area contributed by atoms with Gasteiger partial charge in [-0.1, -0.05) is 36.4 Å². The van der Waals surface area contributed by atoms with Crippen molar-refractivity contribution in [3.05, 3.63) is 82.9 Å². The number of para-hydroxylation sites is 1. The van der Waals surface area contributed by atoms with Gasteiger partial charge in [-0.3, -0.25) is 4.79 Å². The lowest BCUT2D eigenvalue weighted by Gasteiger charge is -2.13. The van der Waals surface area contributed by atoms with Crippen LogP contribution in [-0.4, -0.2) is 39.3 Å². The second-order valence-electron chi connectivity index (χ2n) is 7.53. The van der Waals surface area contributed by atoms with Crippen LogP contribution in [0, 0.1) is 0 Å². The summed E-state index contributed by atoms with van der Waals surface area (Å²) < 4.78 is 21.5. The number of benzene rings is 3. The fourth-order valence-corrected chi connectivity index (χ4v) is 3.64. The van der Waals surface area contributed by atoms with E-state index >= 15 is 0 Å². The minimum Gasteiger partial charge on any atom is -0.504 e. The second kappa shape index (κ2) is 11.7. The van der Waals surface area contributed by atoms with Gasteiger partial charge < -0.3 is 29.8 Å². The van der Waals surface area contributed by atoms with Gasteiger partial charge in [-0.2, -0.15) is 0 Å². The fourth-order valence-electron chi connectivity index (χ4n) is 3.64. The van der Waals surface area contributed by atoms with Crippen molar-refractivity contribution in [2.24, 2.45) is 0 Å². The Kier molecular flexibility index (Phi) is 8.40. The van der Waals surface area contributed by atoms with Gasteiger partial charge in [-0.15, -0.1) is 0 Å². The monoisotopic (exact) mass is 475 g/mol. The van der Waals surface area contributed by atoms with Crippen LogP contribution in [-0.2, 0) is 6.42 Å². The van der Waals surface area contributed by atoms with E-state index in [1.807, 2.05) is 30.4 Å². The number of hydrogen-bond acceptors (Lipinski definition) is 7. The van der Waals surface area contributed by atoms with Crippen molar-refractivity contribution in [3.8, 4) is 28.7 Å². The summed E-state index contributed by atoms with van der Waals surface area (Å²) in [6.45, 7) is 0. The highest BCUT2D eigenvalue weighted by atomic mass is 16.5. The number of ether oxygens (including phenoxy) is 4. The Morgan fingerprint density at radius 2 is 1.54 bits per heavy atom. The molecule has 7 nitrogen and oxygen atoms in total. The van der Waals surface area contributed by atoms with Gasteiger partial charge in [0.05, 0.1) is 28.4 Å². The zero-order chi connectivity index (χ0) is 25.4. The van der Waals surface area contributed by atoms with Crippen LogP contribution in [0.1, 0.15) is 27.0 Å². The summed E-state index contributed by atoms with van der Waals surface area (Å²) in [5.74, 6) is 1.72. The minimum absolute atomic E-state index is 0.0101. The van der Waals surface area contributed by atoms with Crippen molar-refractivity contribution in [1.82, 2.24) is 0 Å². The Balaban J connectivity index is 1.93. The van der Waals surface area contributed by atoms with Gasteiger partial charge in [0.1, 0.15) is 0 Å². The molecule has 0 aliphatic rings. The molecule has 3 rings (SSSR count). The number of nitrogen functional groups attached to an aromatic ring is 1. The lowest BCUT2D eigenvalue weighted by Crippen LogP contribution is -2.00. The number of carbonyl (C=O) groups excluding carboxylic acids is 1. The molecule has 0 fully saturated rings. The summed E-state index contributed by atoms with van der Waals surface area (Å²) in [7, 11) is 6.15. The first-order chi connectivity index (χ1) is 16.9. The lowest BCUT2D eigenvalue weighted by molar-refractivity contribution is 0.104. The van der Waals surface area contributed by atoms with Gasteiger partial charge in [-0.05, 0) is 54.0 Å². The largest absolute Gasteiger partial charge is 0.504 e. The first kappa shape index (κ1) is 25.2. The molecule has 0 atom stereocenters. The molecule has 0 aliphatic carbocycles. The topological polar surface area (TPSA) is 100 Å². The summed E-state index contributed by atoms with van der Waals surface area (Å²) in [5.41, 5.74) is 8.93. The molecule has 0 aliphatic heterocycles. The molecule has 182 valence electrons. The van der Waals surface area contributed by atoms with Crippen LogP contribution >= 0.6 is 0 Å². The standard InChI is InChI=1S/C28H29NO6/c1-32-24-15-14-19(13-12-18-16-25(33-2)28(35-4)26(17-18)34-3)20(27(24)31)9-7-11-23(30)21-8-5-6-10-22(21)29/h5-8,10-17,31H,9,29H2,1-4H3/b11-7-,13-12-. The Morgan fingerprint density at radius 1 is 0.886 bits per heavy atom. The maximum absolute atomic E-state index is 12.5. The number of hydrogen-bond donors (Lipinski definition) is 2. The van der Waals surface area contributed by atoms with Crippen LogP contribution in [0.25, 0.3) is 12.2 Å². The predicted molar refractivity (Wildman–Crippen MR) is 138 cm³/mol. The van der Waals surface area contributed by atoms with Gasteiger partial charge in [0.2, 0.25) is 5.75 Å². The Bertz CT molecular complexity index is 1240. The summed E-state index contributed by atoms with van der Waals surface area (Å²) in [6.07, 6.45) is 7.18. The van der Waals surface area contributed by atoms with E-state index in [9.17, 15) is 9.90 Å². The molecule has 35 heavy (non-hydrogen) atoms. The zero-order valence-electron chi connectivity index (χ0n) is 20.2. The molecule has 7 heteroatoms. The molecular weight excluding hydrogens is 446 g/mol. The number of ketones is 1. The minimum atomic E-state index is -0.208. The van der Waals surface area contributed by atoms with E-state index in [4.69, 9.17) is 24.7 Å². The number of rotatable bonds is 10. The number of methoxy groups -OCH3 is 4. The summed E-state index contributed by atoms with van der Waals surface area (Å²) in [4.78, 5) is 12.5. The highest BCUT2D eigenvalue weighted by Crippen LogP contribution is 2.39. The maximum Gasteiger partial charge on any atom is 0.203 e. The van der Waals surface area contributed by atoms with Crippen LogP contribution in [0.3, 0.4) is 0 Å². The van der Waals surface area contributed by atoms with Crippen LogP contribution in [0.5, 0.6) is 28.7 Å². The zero-order valence-corrected chi connectivity index (χ0v) is 20.2. The van der Waals surface area contributed by atoms with Crippen molar-refractivity contribution in [2.45, 2.75) is 6.42 Å². The number of nitrogens with two attached hydrogens (primary N) is 1. The number of phenols is 1. The number of aromatic hydroxyl groups is 1. The van der Waals surface area contributed by atoms with Gasteiger partial charge in [0.15, 0.2) is 28.8 Å². The average Bonchev–Trinajstić information content (AvgIpc) is 2.88. The number of anilines is 1. The number of allylic oxidation sites excluding steroid dienone is 2. The molecule has 0 radical (unpaired) electrons. The van der Waals surface area contributed by atoms with Gasteiger partial charge in [-0.25, -0.2) is 0 Å². The van der Waals surface area contributed by atoms with E-state index in [1.54, 1.807) is 57.7 Å². The number of carbonyl (C=O) groups is 1. The summed E-state index contributed by atoms with van der Waals surface area (Å²) >= 11 is 0. The predicted octanol–water partition coefficient (Wildman–Crippen LogP) is 5.16. The van der Waals surface area contributed by atoms with Crippen molar-refractivity contribution in [1.29, 1.82) is 0 Å². The van der Waals surface area contributed by atoms with Crippen molar-refractivity contribution < 1.29 is 28.8 Å². The molecule has 3 aromatic carbocycles. The Labute approximate surface area is 205 Å². The van der Waals surface area contributed by atoms with Crippen LogP contribution in [0.2, 0.25) is 0 Å². The highest BCUT2D eigenvalue weighted by Gasteiger charge is 2.14. The normalized spacial score (nSPS) is 11.1. The molecule has 0 saturated carbocycles. The molecular formula is C28H29NO6. The van der Waals surface area contributed by atoms with Crippen LogP contribution in [0.4, 0.5) is 5.69 Å². The average molecular weight is 476 g/mol. The van der Waals surface area contributed by atoms with Crippen LogP contribution in [0.15, 0.2) is 60.7 Å². The van der Waals surface area contributed by atoms with Gasteiger partial charge in [0.25, 0.3) is 0 Å². The molecule has 3 aromatic rings. The van der Waals surface area contributed by atoms with Crippen molar-refractivity contribution >= 4 is 23.6 Å². The first-order valence-electron chi connectivity index (χ1n) is 10.9. The molecule has 0 saturated heterocycles. The van der Waals surface area contributed by atoms with Crippen molar-refractivity contribution in [2.75, 3.05) is 34.2 Å². The molecule has 0 amide bonds. The Hall–Kier alpha value is -4.39. The summed E-state index contributed by atoms with van der Waals surface area (Å²) in [5, 5.41) is 10.8. The third kappa shape index (κ3) is 5.76. The first-order valence-corrected chi connectivity index (χ1v) is 10.9. The van der Waals surface area contributed by atoms with E-state index in [1.165, 1.54) is 13.2 Å². The molecule has 3 N–H and O–H groups in total. The smallest absolute Gasteiger partial charge is 0.203 e. The summed E-state index contributed by atoms with van der Waals surface area (Å²) in [6, 6.07) is 14.1. The van der Waals surface area contributed by atoms with Gasteiger partial charge in [0, 0.05) is 16.8 Å². The van der Waals surface area contributed by atoms with Crippen molar-refractivity contribution in [3.63, 3.8) is 0 Å². The van der Waals surface area contributed by atoms with E-state index < -0.39 is 0 Å². The molecule has 0 heterocycles. The Morgan fingerprint density at radius 3 is 2.14 bits per heavy atom. The fraction of sp³-hybridized carbons (Fsp3) is 0.179. The lowest BCUT2D eigenvalue weighted by atomic mass is 10.00. The van der Waals surface area contributed by atoms with E-state index in [2.05, 4.69) is 0 Å². The highest BCUT2D eigenvalue weighted by molar-refractivity contribution is 6.08. The molecule has 0 unspecified atom stereocenters. The quantitative estimate of drug-likeness (QED) is 0.181. The van der Waals surface area contributed by atoms with Gasteiger partial charge >= 0.3 is 0 Å². The molecule has 0 aromatic heterocycles. The molecule has 0 spiro atoms. The van der Waals surface area contributed by atoms with E-state index in [-0.39, 0.29) is 11.5 Å².